The Kier molecular flexibility index (Phi) is 3.07. The molecule has 76 valence electrons. The van der Waals surface area contributed by atoms with Crippen LogP contribution in [0, 0.1) is 3.57 Å². The predicted octanol–water partition coefficient (Wildman–Crippen LogP) is 1.09. The zero-order chi connectivity index (χ0) is 9.97. The number of hydrogen-bond acceptors (Lipinski definition) is 2. The van der Waals surface area contributed by atoms with E-state index >= 15 is 0 Å². The van der Waals surface area contributed by atoms with Crippen LogP contribution in [0.1, 0.15) is 10.5 Å². The van der Waals surface area contributed by atoms with Crippen LogP contribution in [-0.2, 0) is 4.74 Å². The second-order valence-electron chi connectivity index (χ2n) is 3.14. The molecule has 0 aromatic carbocycles. The second kappa shape index (κ2) is 4.31. The van der Waals surface area contributed by atoms with Gasteiger partial charge < -0.3 is 14.6 Å². The summed E-state index contributed by atoms with van der Waals surface area (Å²) in [4.78, 5) is 16.6. The monoisotopic (exact) mass is 306 g/mol. The number of carbonyl (C=O) groups is 1. The maximum Gasteiger partial charge on any atom is 0.270 e. The van der Waals surface area contributed by atoms with Crippen LogP contribution in [0.2, 0.25) is 0 Å². The van der Waals surface area contributed by atoms with E-state index in [-0.39, 0.29) is 5.91 Å². The van der Waals surface area contributed by atoms with Crippen LogP contribution in [0.15, 0.2) is 12.3 Å². The average molecular weight is 306 g/mol. The number of aromatic nitrogens is 1. The van der Waals surface area contributed by atoms with E-state index in [0.717, 1.165) is 3.57 Å². The standard InChI is InChI=1S/C9H11IN2O2/c10-7-5-8(11-6-7)9(13)12-1-3-14-4-2-12/h5-6,11H,1-4H2. The van der Waals surface area contributed by atoms with Crippen molar-refractivity contribution >= 4 is 28.5 Å². The van der Waals surface area contributed by atoms with Gasteiger partial charge in [-0.05, 0) is 28.7 Å². The van der Waals surface area contributed by atoms with E-state index in [4.69, 9.17) is 4.74 Å². The van der Waals surface area contributed by atoms with Gasteiger partial charge >= 0.3 is 0 Å². The van der Waals surface area contributed by atoms with Crippen LogP contribution in [0.5, 0.6) is 0 Å². The van der Waals surface area contributed by atoms with Gasteiger partial charge in [0, 0.05) is 22.9 Å². The van der Waals surface area contributed by atoms with Gasteiger partial charge in [-0.2, -0.15) is 0 Å². The Hall–Kier alpha value is -0.560. The van der Waals surface area contributed by atoms with Crippen molar-refractivity contribution in [2.24, 2.45) is 0 Å². The molecule has 1 fully saturated rings. The summed E-state index contributed by atoms with van der Waals surface area (Å²) in [5.41, 5.74) is 0.663. The summed E-state index contributed by atoms with van der Waals surface area (Å²) >= 11 is 2.18. The highest BCUT2D eigenvalue weighted by Crippen LogP contribution is 2.10. The summed E-state index contributed by atoms with van der Waals surface area (Å²) < 4.78 is 6.24. The SMILES string of the molecule is O=C(c1cc(I)c[nH]1)N1CCOCC1. The molecule has 1 amide bonds. The molecular weight excluding hydrogens is 295 g/mol. The lowest BCUT2D eigenvalue weighted by Gasteiger charge is -2.26. The summed E-state index contributed by atoms with van der Waals surface area (Å²) in [5, 5.41) is 0. The minimum absolute atomic E-state index is 0.0659. The van der Waals surface area contributed by atoms with Crippen LogP contribution in [-0.4, -0.2) is 42.1 Å². The molecule has 1 aromatic heterocycles. The highest BCUT2D eigenvalue weighted by Gasteiger charge is 2.19. The average Bonchev–Trinajstić information content (AvgIpc) is 2.65. The molecule has 4 nitrogen and oxygen atoms in total. The van der Waals surface area contributed by atoms with E-state index in [1.165, 1.54) is 0 Å². The van der Waals surface area contributed by atoms with Gasteiger partial charge in [-0.1, -0.05) is 0 Å². The lowest BCUT2D eigenvalue weighted by molar-refractivity contribution is 0.0299. The third kappa shape index (κ3) is 2.09. The van der Waals surface area contributed by atoms with Gasteiger partial charge in [-0.25, -0.2) is 0 Å². The minimum Gasteiger partial charge on any atom is -0.378 e. The first-order chi connectivity index (χ1) is 6.77. The third-order valence-electron chi connectivity index (χ3n) is 2.18. The molecular formula is C9H11IN2O2. The number of carbonyl (C=O) groups excluding carboxylic acids is 1. The number of H-pyrrole nitrogens is 1. The molecule has 1 N–H and O–H groups in total. The van der Waals surface area contributed by atoms with E-state index in [2.05, 4.69) is 27.6 Å². The summed E-state index contributed by atoms with van der Waals surface area (Å²) in [7, 11) is 0. The summed E-state index contributed by atoms with van der Waals surface area (Å²) in [6.07, 6.45) is 1.83. The zero-order valence-corrected chi connectivity index (χ0v) is 9.78. The molecule has 1 aliphatic rings. The molecule has 14 heavy (non-hydrogen) atoms. The van der Waals surface area contributed by atoms with Crippen molar-refractivity contribution in [3.63, 3.8) is 0 Å². The quantitative estimate of drug-likeness (QED) is 0.790. The van der Waals surface area contributed by atoms with Gasteiger partial charge in [0.2, 0.25) is 0 Å². The Morgan fingerprint density at radius 2 is 2.21 bits per heavy atom. The molecule has 0 aliphatic carbocycles. The van der Waals surface area contributed by atoms with Crippen molar-refractivity contribution in [3.8, 4) is 0 Å². The maximum absolute atomic E-state index is 11.8. The summed E-state index contributed by atoms with van der Waals surface area (Å²) in [6, 6.07) is 1.86. The topological polar surface area (TPSA) is 45.3 Å². The molecule has 0 unspecified atom stereocenters. The molecule has 1 aliphatic heterocycles. The number of nitrogens with one attached hydrogen (secondary N) is 1. The number of aromatic amines is 1. The summed E-state index contributed by atoms with van der Waals surface area (Å²) in [6.45, 7) is 2.66. The Morgan fingerprint density at radius 1 is 1.50 bits per heavy atom. The third-order valence-corrected chi connectivity index (χ3v) is 2.80. The number of amides is 1. The van der Waals surface area contributed by atoms with Gasteiger partial charge in [0.05, 0.1) is 13.2 Å². The van der Waals surface area contributed by atoms with Crippen molar-refractivity contribution in [1.29, 1.82) is 0 Å². The second-order valence-corrected chi connectivity index (χ2v) is 4.38. The fraction of sp³-hybridized carbons (Fsp3) is 0.444. The lowest BCUT2D eigenvalue weighted by atomic mass is 10.3. The van der Waals surface area contributed by atoms with Crippen molar-refractivity contribution in [2.45, 2.75) is 0 Å². The van der Waals surface area contributed by atoms with Crippen LogP contribution in [0.25, 0.3) is 0 Å². The van der Waals surface area contributed by atoms with Crippen molar-refractivity contribution in [1.82, 2.24) is 9.88 Å². The van der Waals surface area contributed by atoms with Gasteiger partial charge in [0.25, 0.3) is 5.91 Å². The van der Waals surface area contributed by atoms with Crippen molar-refractivity contribution in [3.05, 3.63) is 21.5 Å². The van der Waals surface area contributed by atoms with E-state index in [9.17, 15) is 4.79 Å². The highest BCUT2D eigenvalue weighted by atomic mass is 127. The fourth-order valence-corrected chi connectivity index (χ4v) is 1.90. The number of nitrogens with zero attached hydrogens (tertiary/aromatic N) is 1. The van der Waals surface area contributed by atoms with Gasteiger partial charge in [-0.15, -0.1) is 0 Å². The molecule has 1 aromatic rings. The first kappa shape index (κ1) is 9.97. The molecule has 0 bridgehead atoms. The first-order valence-corrected chi connectivity index (χ1v) is 5.56. The largest absolute Gasteiger partial charge is 0.378 e. The van der Waals surface area contributed by atoms with Gasteiger partial charge in [-0.3, -0.25) is 4.79 Å². The Balaban J connectivity index is 2.07. The van der Waals surface area contributed by atoms with Crippen LogP contribution < -0.4 is 0 Å². The number of ether oxygens (including phenoxy) is 1. The van der Waals surface area contributed by atoms with E-state index in [0.29, 0.717) is 32.0 Å². The molecule has 0 radical (unpaired) electrons. The van der Waals surface area contributed by atoms with Crippen LogP contribution >= 0.6 is 22.6 Å². The molecule has 5 heteroatoms. The number of halogens is 1. The Bertz CT molecular complexity index is 331. The van der Waals surface area contributed by atoms with Crippen LogP contribution in [0.4, 0.5) is 0 Å². The molecule has 0 spiro atoms. The lowest BCUT2D eigenvalue weighted by Crippen LogP contribution is -2.40. The fourth-order valence-electron chi connectivity index (χ4n) is 1.43. The van der Waals surface area contributed by atoms with Gasteiger partial charge in [0.1, 0.15) is 5.69 Å². The maximum atomic E-state index is 11.8. The normalized spacial score (nSPS) is 17.1. The molecule has 1 saturated heterocycles. The predicted molar refractivity (Wildman–Crippen MR) is 60.2 cm³/mol. The van der Waals surface area contributed by atoms with E-state index in [1.807, 2.05) is 17.2 Å². The van der Waals surface area contributed by atoms with E-state index in [1.54, 1.807) is 0 Å². The Labute approximate surface area is 95.8 Å². The molecule has 2 heterocycles. The highest BCUT2D eigenvalue weighted by molar-refractivity contribution is 14.1. The molecule has 0 saturated carbocycles. The smallest absolute Gasteiger partial charge is 0.270 e. The minimum atomic E-state index is 0.0659. The van der Waals surface area contributed by atoms with Crippen LogP contribution in [0.3, 0.4) is 0 Å². The van der Waals surface area contributed by atoms with Crippen molar-refractivity contribution in [2.75, 3.05) is 26.3 Å². The first-order valence-electron chi connectivity index (χ1n) is 4.48. The number of morpholine rings is 1. The van der Waals surface area contributed by atoms with Gasteiger partial charge in [0.15, 0.2) is 0 Å². The molecule has 2 rings (SSSR count). The molecule has 0 atom stereocenters. The van der Waals surface area contributed by atoms with E-state index < -0.39 is 0 Å². The summed E-state index contributed by atoms with van der Waals surface area (Å²) in [5.74, 6) is 0.0659. The number of hydrogen-bond donors (Lipinski definition) is 1. The zero-order valence-electron chi connectivity index (χ0n) is 7.62. The Morgan fingerprint density at radius 3 is 2.79 bits per heavy atom. The number of rotatable bonds is 1. The van der Waals surface area contributed by atoms with Crippen molar-refractivity contribution < 1.29 is 9.53 Å².